The second-order valence-electron chi connectivity index (χ2n) is 4.06. The molecule has 0 amide bonds. The van der Waals surface area contributed by atoms with Crippen LogP contribution in [0.4, 0.5) is 13.2 Å². The highest BCUT2D eigenvalue weighted by Crippen LogP contribution is 2.35. The molecular formula is C13H8Br2F3NO2. The van der Waals surface area contributed by atoms with Crippen LogP contribution in [-0.4, -0.2) is 17.6 Å². The highest BCUT2D eigenvalue weighted by Gasteiger charge is 2.38. The Hall–Kier alpha value is -1.15. The molecule has 0 radical (unpaired) electrons. The van der Waals surface area contributed by atoms with Gasteiger partial charge >= 0.3 is 12.1 Å². The summed E-state index contributed by atoms with van der Waals surface area (Å²) in [6.45, 7) is 1.50. The van der Waals surface area contributed by atoms with Crippen molar-refractivity contribution in [2.75, 3.05) is 6.61 Å². The minimum atomic E-state index is -4.75. The lowest BCUT2D eigenvalue weighted by Gasteiger charge is -2.13. The normalized spacial score (nSPS) is 11.7. The number of halogens is 5. The average molecular weight is 427 g/mol. The molecule has 0 saturated carbocycles. The van der Waals surface area contributed by atoms with Crippen LogP contribution in [0.25, 0.3) is 10.9 Å². The largest absolute Gasteiger partial charge is 0.462 e. The van der Waals surface area contributed by atoms with Crippen molar-refractivity contribution < 1.29 is 22.7 Å². The Kier molecular flexibility index (Phi) is 4.57. The smallest absolute Gasteiger partial charge is 0.434 e. The number of aromatic nitrogens is 1. The SMILES string of the molecule is CCOC(=O)c1cc2cc(Br)cc(Br)c2nc1C(F)(F)F. The molecule has 0 unspecified atom stereocenters. The van der Waals surface area contributed by atoms with Gasteiger partial charge in [0.1, 0.15) is 0 Å². The Morgan fingerprint density at radius 1 is 1.29 bits per heavy atom. The molecule has 0 spiro atoms. The summed E-state index contributed by atoms with van der Waals surface area (Å²) < 4.78 is 45.0. The molecule has 2 rings (SSSR count). The Morgan fingerprint density at radius 2 is 1.95 bits per heavy atom. The van der Waals surface area contributed by atoms with E-state index in [1.807, 2.05) is 0 Å². The topological polar surface area (TPSA) is 39.2 Å². The number of hydrogen-bond donors (Lipinski definition) is 0. The highest BCUT2D eigenvalue weighted by atomic mass is 79.9. The average Bonchev–Trinajstić information content (AvgIpc) is 2.36. The molecule has 8 heteroatoms. The van der Waals surface area contributed by atoms with Gasteiger partial charge < -0.3 is 4.74 Å². The summed E-state index contributed by atoms with van der Waals surface area (Å²) in [7, 11) is 0. The fourth-order valence-electron chi connectivity index (χ4n) is 1.79. The van der Waals surface area contributed by atoms with E-state index in [9.17, 15) is 18.0 Å². The Balaban J connectivity index is 2.78. The van der Waals surface area contributed by atoms with E-state index >= 15 is 0 Å². The summed E-state index contributed by atoms with van der Waals surface area (Å²) in [4.78, 5) is 15.3. The van der Waals surface area contributed by atoms with Crippen LogP contribution in [0.3, 0.4) is 0 Å². The molecule has 21 heavy (non-hydrogen) atoms. The van der Waals surface area contributed by atoms with Gasteiger partial charge in [0, 0.05) is 14.3 Å². The van der Waals surface area contributed by atoms with E-state index in [0.29, 0.717) is 14.3 Å². The second-order valence-corrected chi connectivity index (χ2v) is 5.83. The van der Waals surface area contributed by atoms with Crippen LogP contribution in [-0.2, 0) is 10.9 Å². The molecule has 0 aliphatic rings. The van der Waals surface area contributed by atoms with Crippen molar-refractivity contribution in [2.45, 2.75) is 13.1 Å². The van der Waals surface area contributed by atoms with Crippen LogP contribution in [0.1, 0.15) is 23.0 Å². The van der Waals surface area contributed by atoms with Crippen LogP contribution >= 0.6 is 31.9 Å². The van der Waals surface area contributed by atoms with E-state index < -0.39 is 23.4 Å². The standard InChI is InChI=1S/C13H8Br2F3NO2/c1-2-21-12(20)8-4-6-3-7(14)5-9(15)10(6)19-11(8)13(16,17)18/h3-5H,2H2,1H3. The molecule has 0 N–H and O–H groups in total. The van der Waals surface area contributed by atoms with Crippen LogP contribution < -0.4 is 0 Å². The van der Waals surface area contributed by atoms with E-state index in [1.54, 1.807) is 12.1 Å². The van der Waals surface area contributed by atoms with Crippen molar-refractivity contribution in [3.63, 3.8) is 0 Å². The Bertz CT molecular complexity index is 717. The van der Waals surface area contributed by atoms with Gasteiger partial charge in [0.2, 0.25) is 0 Å². The van der Waals surface area contributed by atoms with Gasteiger partial charge in [0.05, 0.1) is 17.7 Å². The van der Waals surface area contributed by atoms with Crippen LogP contribution in [0.15, 0.2) is 27.1 Å². The number of esters is 1. The van der Waals surface area contributed by atoms with E-state index in [0.717, 1.165) is 6.07 Å². The number of carbonyl (C=O) groups excluding carboxylic acids is 1. The molecule has 2 aromatic rings. The number of benzene rings is 1. The lowest BCUT2D eigenvalue weighted by atomic mass is 10.1. The third kappa shape index (κ3) is 3.37. The summed E-state index contributed by atoms with van der Waals surface area (Å²) in [5.74, 6) is -1.05. The number of fused-ring (bicyclic) bond motifs is 1. The maximum atomic E-state index is 13.1. The summed E-state index contributed by atoms with van der Waals surface area (Å²) >= 11 is 6.40. The number of pyridine rings is 1. The number of nitrogens with zero attached hydrogens (tertiary/aromatic N) is 1. The molecule has 3 nitrogen and oxygen atoms in total. The first-order valence-electron chi connectivity index (χ1n) is 5.78. The van der Waals surface area contributed by atoms with E-state index in [4.69, 9.17) is 0 Å². The fraction of sp³-hybridized carbons (Fsp3) is 0.231. The summed E-state index contributed by atoms with van der Waals surface area (Å²) in [6, 6.07) is 4.30. The zero-order valence-corrected chi connectivity index (χ0v) is 13.8. The maximum Gasteiger partial charge on any atom is 0.434 e. The zero-order valence-electron chi connectivity index (χ0n) is 10.6. The van der Waals surface area contributed by atoms with Crippen molar-refractivity contribution in [2.24, 2.45) is 0 Å². The molecule has 1 aromatic carbocycles. The predicted octanol–water partition coefficient (Wildman–Crippen LogP) is 4.96. The van der Waals surface area contributed by atoms with Crippen LogP contribution in [0, 0.1) is 0 Å². The lowest BCUT2D eigenvalue weighted by Crippen LogP contribution is -2.17. The molecule has 0 aliphatic carbocycles. The van der Waals surface area contributed by atoms with Gasteiger partial charge in [-0.3, -0.25) is 0 Å². The van der Waals surface area contributed by atoms with Crippen molar-refractivity contribution in [3.05, 3.63) is 38.4 Å². The minimum Gasteiger partial charge on any atom is -0.462 e. The van der Waals surface area contributed by atoms with Gasteiger partial charge in [-0.2, -0.15) is 13.2 Å². The molecule has 1 heterocycles. The maximum absolute atomic E-state index is 13.1. The molecular weight excluding hydrogens is 419 g/mol. The van der Waals surface area contributed by atoms with Gasteiger partial charge in [-0.1, -0.05) is 15.9 Å². The monoisotopic (exact) mass is 425 g/mol. The summed E-state index contributed by atoms with van der Waals surface area (Å²) in [5, 5.41) is 0.396. The van der Waals surface area contributed by atoms with Crippen molar-refractivity contribution in [1.29, 1.82) is 0 Å². The number of hydrogen-bond acceptors (Lipinski definition) is 3. The predicted molar refractivity (Wildman–Crippen MR) is 78.1 cm³/mol. The summed E-state index contributed by atoms with van der Waals surface area (Å²) in [6.07, 6.45) is -4.75. The third-order valence-electron chi connectivity index (χ3n) is 2.60. The molecule has 112 valence electrons. The van der Waals surface area contributed by atoms with Crippen LogP contribution in [0.2, 0.25) is 0 Å². The van der Waals surface area contributed by atoms with Gasteiger partial charge in [-0.25, -0.2) is 9.78 Å². The number of ether oxygens (including phenoxy) is 1. The highest BCUT2D eigenvalue weighted by molar-refractivity contribution is 9.11. The Morgan fingerprint density at radius 3 is 2.52 bits per heavy atom. The molecule has 0 saturated heterocycles. The van der Waals surface area contributed by atoms with E-state index in [2.05, 4.69) is 41.6 Å². The first-order chi connectivity index (χ1) is 9.74. The Labute approximate surface area is 134 Å². The number of carbonyl (C=O) groups is 1. The first kappa shape index (κ1) is 16.2. The molecule has 0 atom stereocenters. The zero-order chi connectivity index (χ0) is 15.8. The van der Waals surface area contributed by atoms with Crippen LogP contribution in [0.5, 0.6) is 0 Å². The number of alkyl halides is 3. The molecule has 1 aromatic heterocycles. The molecule has 0 fully saturated rings. The van der Waals surface area contributed by atoms with Gasteiger partial charge in [0.25, 0.3) is 0 Å². The fourth-order valence-corrected chi connectivity index (χ4v) is 3.14. The minimum absolute atomic E-state index is 0.0175. The van der Waals surface area contributed by atoms with Gasteiger partial charge in [0.15, 0.2) is 5.69 Å². The van der Waals surface area contributed by atoms with Gasteiger partial charge in [-0.15, -0.1) is 0 Å². The van der Waals surface area contributed by atoms with Crippen molar-refractivity contribution in [3.8, 4) is 0 Å². The van der Waals surface area contributed by atoms with Crippen molar-refractivity contribution >= 4 is 48.7 Å². The van der Waals surface area contributed by atoms with Gasteiger partial charge in [-0.05, 0) is 41.1 Å². The van der Waals surface area contributed by atoms with E-state index in [1.165, 1.54) is 6.92 Å². The summed E-state index contributed by atoms with van der Waals surface area (Å²) in [5.41, 5.74) is -1.73. The van der Waals surface area contributed by atoms with E-state index in [-0.39, 0.29) is 12.1 Å². The number of rotatable bonds is 2. The lowest BCUT2D eigenvalue weighted by molar-refractivity contribution is -0.141. The first-order valence-corrected chi connectivity index (χ1v) is 7.36. The van der Waals surface area contributed by atoms with Crippen molar-refractivity contribution in [1.82, 2.24) is 4.98 Å². The second kappa shape index (κ2) is 5.92. The molecule has 0 bridgehead atoms. The molecule has 0 aliphatic heterocycles. The third-order valence-corrected chi connectivity index (χ3v) is 3.66. The quantitative estimate of drug-likeness (QED) is 0.637.